The van der Waals surface area contributed by atoms with Crippen LogP contribution in [0.15, 0.2) is 64.1 Å². The van der Waals surface area contributed by atoms with Crippen molar-refractivity contribution in [3.05, 3.63) is 71.7 Å². The van der Waals surface area contributed by atoms with Crippen molar-refractivity contribution in [3.63, 3.8) is 0 Å². The lowest BCUT2D eigenvalue weighted by Gasteiger charge is -2.11. The van der Waals surface area contributed by atoms with Gasteiger partial charge in [-0.25, -0.2) is 4.39 Å². The summed E-state index contributed by atoms with van der Waals surface area (Å²) in [5.74, 6) is 0.234. The standard InChI is InChI=1S/C19H19FN4O.ClH/c1-12(17-11-18(25-24-17)23-19(21)22-2)14-8-9-15(16(20)10-14)13-6-4-3-5-7-13;/h3-12H,1-2H3,(H3,21,22,23);1H. The third-order valence-electron chi connectivity index (χ3n) is 4.04. The van der Waals surface area contributed by atoms with E-state index in [1.807, 2.05) is 43.3 Å². The molecule has 1 atom stereocenters. The number of hydrogen-bond acceptors (Lipinski definition) is 3. The summed E-state index contributed by atoms with van der Waals surface area (Å²) in [6.07, 6.45) is 0. The second-order valence-electron chi connectivity index (χ2n) is 5.68. The maximum absolute atomic E-state index is 14.5. The molecular formula is C19H20ClFN4O. The molecule has 3 N–H and O–H groups in total. The van der Waals surface area contributed by atoms with Crippen LogP contribution in [0.4, 0.5) is 10.3 Å². The molecule has 2 aromatic carbocycles. The van der Waals surface area contributed by atoms with Gasteiger partial charge in [0.1, 0.15) is 5.82 Å². The van der Waals surface area contributed by atoms with Gasteiger partial charge in [0.2, 0.25) is 5.88 Å². The van der Waals surface area contributed by atoms with Crippen molar-refractivity contribution in [1.82, 2.24) is 5.16 Å². The minimum atomic E-state index is -0.264. The van der Waals surface area contributed by atoms with E-state index < -0.39 is 0 Å². The smallest absolute Gasteiger partial charge is 0.231 e. The molecule has 0 saturated heterocycles. The minimum Gasteiger partial charge on any atom is -0.370 e. The molecular weight excluding hydrogens is 355 g/mol. The number of guanidine groups is 1. The highest BCUT2D eigenvalue weighted by molar-refractivity contribution is 5.90. The maximum Gasteiger partial charge on any atom is 0.231 e. The van der Waals surface area contributed by atoms with Gasteiger partial charge in [-0.1, -0.05) is 54.5 Å². The summed E-state index contributed by atoms with van der Waals surface area (Å²) < 4.78 is 19.7. The Labute approximate surface area is 157 Å². The van der Waals surface area contributed by atoms with Crippen molar-refractivity contribution in [1.29, 1.82) is 0 Å². The lowest BCUT2D eigenvalue weighted by atomic mass is 9.95. The van der Waals surface area contributed by atoms with Crippen LogP contribution < -0.4 is 11.1 Å². The summed E-state index contributed by atoms with van der Waals surface area (Å²) in [4.78, 5) is 3.79. The largest absolute Gasteiger partial charge is 0.370 e. The third kappa shape index (κ3) is 4.21. The van der Waals surface area contributed by atoms with E-state index >= 15 is 0 Å². The van der Waals surface area contributed by atoms with E-state index in [-0.39, 0.29) is 30.1 Å². The second kappa shape index (κ2) is 8.49. The molecule has 136 valence electrons. The molecule has 5 nitrogen and oxygen atoms in total. The Bertz CT molecular complexity index is 896. The Balaban J connectivity index is 0.00000243. The van der Waals surface area contributed by atoms with E-state index in [2.05, 4.69) is 15.5 Å². The monoisotopic (exact) mass is 374 g/mol. The number of nitrogens with one attached hydrogen (secondary N) is 1. The van der Waals surface area contributed by atoms with Gasteiger partial charge in [-0.15, -0.1) is 12.4 Å². The van der Waals surface area contributed by atoms with Crippen molar-refractivity contribution in [2.24, 2.45) is 10.7 Å². The van der Waals surface area contributed by atoms with Crippen LogP contribution in [-0.2, 0) is 0 Å². The topological polar surface area (TPSA) is 76.4 Å². The zero-order valence-corrected chi connectivity index (χ0v) is 15.3. The van der Waals surface area contributed by atoms with Crippen molar-refractivity contribution >= 4 is 24.3 Å². The van der Waals surface area contributed by atoms with E-state index in [0.29, 0.717) is 17.1 Å². The SMILES string of the molecule is CN=C(N)Nc1cc(C(C)c2ccc(-c3ccccc3)c(F)c2)no1.Cl. The highest BCUT2D eigenvalue weighted by atomic mass is 35.5. The molecule has 0 aliphatic rings. The first-order valence-corrected chi connectivity index (χ1v) is 7.89. The van der Waals surface area contributed by atoms with Crippen LogP contribution >= 0.6 is 12.4 Å². The van der Waals surface area contributed by atoms with E-state index in [9.17, 15) is 4.39 Å². The van der Waals surface area contributed by atoms with Gasteiger partial charge in [0.15, 0.2) is 5.96 Å². The fourth-order valence-electron chi connectivity index (χ4n) is 2.56. The summed E-state index contributed by atoms with van der Waals surface area (Å²) in [7, 11) is 1.57. The number of hydrogen-bond donors (Lipinski definition) is 2. The summed E-state index contributed by atoms with van der Waals surface area (Å²) in [5.41, 5.74) is 8.51. The maximum atomic E-state index is 14.5. The Morgan fingerprint density at radius 3 is 2.58 bits per heavy atom. The summed E-state index contributed by atoms with van der Waals surface area (Å²) in [5, 5.41) is 6.80. The third-order valence-corrected chi connectivity index (χ3v) is 4.04. The lowest BCUT2D eigenvalue weighted by Crippen LogP contribution is -2.21. The molecule has 0 spiro atoms. The zero-order valence-electron chi connectivity index (χ0n) is 14.4. The van der Waals surface area contributed by atoms with Crippen LogP contribution in [0.2, 0.25) is 0 Å². The Morgan fingerprint density at radius 1 is 1.19 bits per heavy atom. The molecule has 3 rings (SSSR count). The van der Waals surface area contributed by atoms with Gasteiger partial charge in [0.05, 0.1) is 5.69 Å². The number of benzene rings is 2. The van der Waals surface area contributed by atoms with Gasteiger partial charge in [0.25, 0.3) is 0 Å². The number of nitrogens with two attached hydrogens (primary N) is 1. The van der Waals surface area contributed by atoms with Gasteiger partial charge in [-0.05, 0) is 17.2 Å². The van der Waals surface area contributed by atoms with Crippen LogP contribution in [-0.4, -0.2) is 18.2 Å². The molecule has 1 unspecified atom stereocenters. The molecule has 0 bridgehead atoms. The first kappa shape index (κ1) is 19.5. The van der Waals surface area contributed by atoms with Crippen molar-refractivity contribution in [2.75, 3.05) is 12.4 Å². The fraction of sp³-hybridized carbons (Fsp3) is 0.158. The molecule has 1 heterocycles. The van der Waals surface area contributed by atoms with Gasteiger partial charge >= 0.3 is 0 Å². The first-order chi connectivity index (χ1) is 12.1. The molecule has 3 aromatic rings. The van der Waals surface area contributed by atoms with Gasteiger partial charge in [0, 0.05) is 24.6 Å². The van der Waals surface area contributed by atoms with E-state index in [1.54, 1.807) is 19.2 Å². The first-order valence-electron chi connectivity index (χ1n) is 7.89. The summed E-state index contributed by atoms with van der Waals surface area (Å²) in [6.45, 7) is 1.94. The number of aromatic nitrogens is 1. The summed E-state index contributed by atoms with van der Waals surface area (Å²) >= 11 is 0. The average molecular weight is 375 g/mol. The molecule has 1 aromatic heterocycles. The molecule has 7 heteroatoms. The number of anilines is 1. The van der Waals surface area contributed by atoms with Crippen LogP contribution in [0.5, 0.6) is 0 Å². The van der Waals surface area contributed by atoms with Crippen LogP contribution in [0.3, 0.4) is 0 Å². The molecule has 0 amide bonds. The second-order valence-corrected chi connectivity index (χ2v) is 5.68. The molecule has 0 aliphatic carbocycles. The minimum absolute atomic E-state index is 0. The molecule has 26 heavy (non-hydrogen) atoms. The van der Waals surface area contributed by atoms with Crippen LogP contribution in [0.1, 0.15) is 24.1 Å². The van der Waals surface area contributed by atoms with Gasteiger partial charge in [-0.3, -0.25) is 10.3 Å². The zero-order chi connectivity index (χ0) is 17.8. The van der Waals surface area contributed by atoms with Gasteiger partial charge in [-0.2, -0.15) is 0 Å². The number of nitrogens with zero attached hydrogens (tertiary/aromatic N) is 2. The van der Waals surface area contributed by atoms with E-state index in [0.717, 1.165) is 11.1 Å². The summed E-state index contributed by atoms with van der Waals surface area (Å²) in [6, 6.07) is 16.4. The Hall–Kier alpha value is -2.86. The number of halogens is 2. The van der Waals surface area contributed by atoms with Gasteiger partial charge < -0.3 is 10.3 Å². The number of aliphatic imine (C=N–C) groups is 1. The fourth-order valence-corrected chi connectivity index (χ4v) is 2.56. The van der Waals surface area contributed by atoms with E-state index in [4.69, 9.17) is 10.3 Å². The van der Waals surface area contributed by atoms with Crippen LogP contribution in [0, 0.1) is 5.82 Å². The average Bonchev–Trinajstić information content (AvgIpc) is 3.10. The highest BCUT2D eigenvalue weighted by Crippen LogP contribution is 2.29. The molecule has 0 fully saturated rings. The lowest BCUT2D eigenvalue weighted by molar-refractivity contribution is 0.424. The van der Waals surface area contributed by atoms with Crippen LogP contribution in [0.25, 0.3) is 11.1 Å². The quantitative estimate of drug-likeness (QED) is 0.523. The van der Waals surface area contributed by atoms with E-state index in [1.165, 1.54) is 6.07 Å². The predicted molar refractivity (Wildman–Crippen MR) is 104 cm³/mol. The van der Waals surface area contributed by atoms with Crippen molar-refractivity contribution in [3.8, 4) is 11.1 Å². The molecule has 0 saturated carbocycles. The normalized spacial score (nSPS) is 12.3. The predicted octanol–water partition coefficient (Wildman–Crippen LogP) is 4.41. The Kier molecular flexibility index (Phi) is 6.36. The molecule has 0 aliphatic heterocycles. The number of rotatable bonds is 4. The Morgan fingerprint density at radius 2 is 1.92 bits per heavy atom. The highest BCUT2D eigenvalue weighted by Gasteiger charge is 2.16. The van der Waals surface area contributed by atoms with Crippen molar-refractivity contribution in [2.45, 2.75) is 12.8 Å². The molecule has 0 radical (unpaired) electrons. The van der Waals surface area contributed by atoms with Crippen molar-refractivity contribution < 1.29 is 8.91 Å².